The molecule has 0 N–H and O–H groups in total. The summed E-state index contributed by atoms with van der Waals surface area (Å²) in [5.41, 5.74) is 2.65. The Hall–Kier alpha value is -0.0157. The van der Waals surface area contributed by atoms with Crippen molar-refractivity contribution in [2.75, 3.05) is 0 Å². The Morgan fingerprint density at radius 1 is 0.794 bits per heavy atom. The molecule has 5 saturated carbocycles. The molecule has 2 nitrogen and oxygen atoms in total. The number of hydrogen-bond donors (Lipinski definition) is 0. The topological polar surface area (TPSA) is 25.5 Å². The van der Waals surface area contributed by atoms with Crippen molar-refractivity contribution in [1.82, 2.24) is 4.90 Å². The third-order valence-corrected chi connectivity index (χ3v) is 10.6. The minimum absolute atomic E-state index is 0. The summed E-state index contributed by atoms with van der Waals surface area (Å²) >= 11 is -0.556. The van der Waals surface area contributed by atoms with Crippen LogP contribution in [0.4, 0.5) is 0 Å². The van der Waals surface area contributed by atoms with Gasteiger partial charge in [-0.2, -0.15) is 0 Å². The second kappa shape index (κ2) is 11.6. The van der Waals surface area contributed by atoms with Gasteiger partial charge < -0.3 is 17.7 Å². The van der Waals surface area contributed by atoms with Crippen molar-refractivity contribution < 1.29 is 17.0 Å². The zero-order valence-electron chi connectivity index (χ0n) is 22.0. The van der Waals surface area contributed by atoms with E-state index >= 15 is 0 Å². The van der Waals surface area contributed by atoms with Crippen LogP contribution >= 0.6 is 18.6 Å². The molecule has 1 aromatic carbocycles. The van der Waals surface area contributed by atoms with Crippen LogP contribution in [0, 0.1) is 54.8 Å². The van der Waals surface area contributed by atoms with Gasteiger partial charge >= 0.3 is 35.6 Å². The molecule has 0 unspecified atom stereocenters. The average Bonchev–Trinajstić information content (AvgIpc) is 3.21. The van der Waals surface area contributed by atoms with Gasteiger partial charge in [0, 0.05) is 0 Å². The van der Waals surface area contributed by atoms with Crippen molar-refractivity contribution in [2.45, 2.75) is 85.2 Å². The fourth-order valence-electron chi connectivity index (χ4n) is 8.45. The van der Waals surface area contributed by atoms with Crippen molar-refractivity contribution in [3.8, 4) is 0 Å². The minimum atomic E-state index is -0.556. The molecule has 7 rings (SSSR count). The largest absolute Gasteiger partial charge is 0.464 e. The summed E-state index contributed by atoms with van der Waals surface area (Å²) in [5.74, 6) is 8.02. The summed E-state index contributed by atoms with van der Waals surface area (Å²) in [6, 6.07) is 8.38. The van der Waals surface area contributed by atoms with Crippen molar-refractivity contribution in [1.29, 1.82) is 0 Å². The summed E-state index contributed by atoms with van der Waals surface area (Å²) in [7, 11) is 9.78. The van der Waals surface area contributed by atoms with Crippen LogP contribution in [0.1, 0.15) is 84.3 Å². The zero-order chi connectivity index (χ0) is 23.9. The molecular weight excluding hydrogens is 495 g/mol. The summed E-state index contributed by atoms with van der Waals surface area (Å²) in [6.45, 7) is 12.9. The Kier molecular flexibility index (Phi) is 9.72. The van der Waals surface area contributed by atoms with Crippen molar-refractivity contribution in [2.24, 2.45) is 47.3 Å². The van der Waals surface area contributed by atoms with Crippen molar-refractivity contribution in [3.05, 3.63) is 48.2 Å². The molecule has 1 aromatic rings. The fourth-order valence-corrected chi connectivity index (χ4v) is 8.45. The number of hydrogen-bond acceptors (Lipinski definition) is 0. The van der Waals surface area contributed by atoms with Crippen LogP contribution in [-0.2, 0) is 23.6 Å². The van der Waals surface area contributed by atoms with Gasteiger partial charge in [0.1, 0.15) is 0 Å². The Morgan fingerprint density at radius 3 is 1.56 bits per heavy atom. The van der Waals surface area contributed by atoms with Crippen LogP contribution in [0.3, 0.4) is 0 Å². The Balaban J connectivity index is 0.000000198. The van der Waals surface area contributed by atoms with E-state index in [9.17, 15) is 5.41 Å². The van der Waals surface area contributed by atoms with E-state index in [0.29, 0.717) is 5.84 Å². The van der Waals surface area contributed by atoms with Gasteiger partial charge in [0.25, 0.3) is 0 Å². The number of benzene rings is 1. The maximum Gasteiger partial charge on any atom is -0.0232 e. The molecule has 4 bridgehead atoms. The number of nitrogens with zero attached hydrogens (tertiary/aromatic N) is 2. The molecule has 0 saturated heterocycles. The summed E-state index contributed by atoms with van der Waals surface area (Å²) in [5, 5.41) is 10.7. The summed E-state index contributed by atoms with van der Waals surface area (Å²) in [6.07, 6.45) is 8.33. The minimum Gasteiger partial charge on any atom is -0.464 e. The monoisotopic (exact) mass is 538 g/mol. The van der Waals surface area contributed by atoms with Crippen LogP contribution in [0.25, 0.3) is 5.41 Å². The second-order valence-corrected chi connectivity index (χ2v) is 14.7. The van der Waals surface area contributed by atoms with Gasteiger partial charge in [-0.1, -0.05) is 64.7 Å². The molecule has 0 amide bonds. The number of halogens is 2. The average molecular weight is 539 g/mol. The molecule has 0 spiro atoms. The van der Waals surface area contributed by atoms with E-state index < -0.39 is 17.0 Å². The molecule has 1 aliphatic heterocycles. The molecule has 5 fully saturated rings. The smallest absolute Gasteiger partial charge is 0.0232 e. The molecule has 5 heteroatoms. The van der Waals surface area contributed by atoms with Crippen LogP contribution in [0.2, 0.25) is 0 Å². The van der Waals surface area contributed by atoms with Crippen LogP contribution in [0.15, 0.2) is 24.3 Å². The van der Waals surface area contributed by atoms with E-state index in [-0.39, 0.29) is 13.0 Å². The van der Waals surface area contributed by atoms with E-state index in [1.807, 2.05) is 6.07 Å². The zero-order valence-corrected chi connectivity index (χ0v) is 25.1. The maximum atomic E-state index is 10.7. The first-order valence-corrected chi connectivity index (χ1v) is 17.4. The van der Waals surface area contributed by atoms with Crippen LogP contribution < -0.4 is 0 Å². The van der Waals surface area contributed by atoms with E-state index in [1.165, 1.54) is 44.1 Å². The van der Waals surface area contributed by atoms with Gasteiger partial charge in [0.15, 0.2) is 0 Å². The SMILES string of the molecule is CC1C(C)C(C)C(C)C1C.[CH3-].[Cl][Ti][Cl].[N-]=C1c2ccccc2CN1C12CC3CC(CC(C3)C1)C2. The molecule has 190 valence electrons. The number of rotatable bonds is 1. The predicted octanol–water partition coefficient (Wildman–Crippen LogP) is 8.79. The van der Waals surface area contributed by atoms with Gasteiger partial charge in [-0.3, -0.25) is 0 Å². The molecule has 1 heterocycles. The Morgan fingerprint density at radius 2 is 1.18 bits per heavy atom. The fraction of sp³-hybridized carbons (Fsp3) is 0.724. The normalized spacial score (nSPS) is 41.0. The predicted molar refractivity (Wildman–Crippen MR) is 144 cm³/mol. The molecule has 0 aromatic heterocycles. The Labute approximate surface area is 226 Å². The van der Waals surface area contributed by atoms with Crippen molar-refractivity contribution >= 4 is 24.4 Å². The third-order valence-electron chi connectivity index (χ3n) is 10.6. The molecule has 34 heavy (non-hydrogen) atoms. The molecule has 0 atom stereocenters. The van der Waals surface area contributed by atoms with E-state index in [0.717, 1.165) is 59.5 Å². The Bertz CT molecular complexity index is 763. The summed E-state index contributed by atoms with van der Waals surface area (Å²) < 4.78 is 0. The van der Waals surface area contributed by atoms with Crippen LogP contribution in [-0.4, -0.2) is 16.3 Å². The molecule has 5 aliphatic carbocycles. The van der Waals surface area contributed by atoms with E-state index in [4.69, 9.17) is 18.6 Å². The van der Waals surface area contributed by atoms with Gasteiger partial charge in [-0.15, -0.1) is 0 Å². The maximum absolute atomic E-state index is 10.7. The summed E-state index contributed by atoms with van der Waals surface area (Å²) in [4.78, 5) is 2.38. The standard InChI is InChI=1S/C18H21N2.C10H20.CH3.2ClH.Ti/c19-17-16-4-2-1-3-15(16)11-20(17)18-8-12-5-13(9-18)7-14(6-12)10-18;1-6-7(2)9(4)10(5)8(6)3;;;;/h1-4,12-14H,5-11H2;6-10H,1-5H3;1H3;2*1H;/q-1;;-1;;;+2/p-2. The van der Waals surface area contributed by atoms with Crippen molar-refractivity contribution in [3.63, 3.8) is 0 Å². The second-order valence-electron chi connectivity index (χ2n) is 12.1. The van der Waals surface area contributed by atoms with Gasteiger partial charge in [-0.25, -0.2) is 0 Å². The van der Waals surface area contributed by atoms with E-state index in [2.05, 4.69) is 57.7 Å². The number of amidine groups is 1. The molecule has 6 aliphatic rings. The van der Waals surface area contributed by atoms with Gasteiger partial charge in [-0.05, 0) is 109 Å². The first kappa shape index (κ1) is 28.6. The first-order chi connectivity index (χ1) is 15.7. The quantitative estimate of drug-likeness (QED) is 0.259. The molecule has 0 radical (unpaired) electrons. The van der Waals surface area contributed by atoms with Gasteiger partial charge in [0.2, 0.25) is 0 Å². The van der Waals surface area contributed by atoms with Gasteiger partial charge in [0.05, 0.1) is 0 Å². The first-order valence-electron chi connectivity index (χ1n) is 13.1. The van der Waals surface area contributed by atoms with E-state index in [1.54, 1.807) is 0 Å². The third kappa shape index (κ3) is 5.32. The number of fused-ring (bicyclic) bond motifs is 1. The van der Waals surface area contributed by atoms with Crippen LogP contribution in [0.5, 0.6) is 0 Å². The molecular formula is C29H44Cl2N2Ti-2.